The predicted octanol–water partition coefficient (Wildman–Crippen LogP) is 4.38. The molecule has 0 radical (unpaired) electrons. The van der Waals surface area contributed by atoms with Gasteiger partial charge in [-0.1, -0.05) is 6.07 Å². The van der Waals surface area contributed by atoms with Crippen molar-refractivity contribution in [2.75, 3.05) is 31.6 Å². The van der Waals surface area contributed by atoms with Crippen LogP contribution in [-0.2, 0) is 4.74 Å². The molecule has 7 heteroatoms. The summed E-state index contributed by atoms with van der Waals surface area (Å²) in [5.74, 6) is 0.103. The molecule has 1 aliphatic heterocycles. The van der Waals surface area contributed by atoms with E-state index in [1.54, 1.807) is 34.8 Å². The average Bonchev–Trinajstić information content (AvgIpc) is 3.39. The number of furan rings is 1. The zero-order valence-corrected chi connectivity index (χ0v) is 16.1. The van der Waals surface area contributed by atoms with Crippen LogP contribution in [0.2, 0.25) is 0 Å². The fourth-order valence-electron chi connectivity index (χ4n) is 3.22. The standard InChI is InChI=1S/C19H20N2O3S2/c1-13-12-14(19(26-13)20-18(22)15-4-2-8-24-15)17(16-5-3-11-25-16)21-6-9-23-10-7-21/h2-5,8,11-12,17H,6-7,9-10H2,1H3,(H,20,22)/t17-/m1/s1. The Hall–Kier alpha value is -1.93. The van der Waals surface area contributed by atoms with Crippen LogP contribution in [0.3, 0.4) is 0 Å². The summed E-state index contributed by atoms with van der Waals surface area (Å²) >= 11 is 3.35. The monoisotopic (exact) mass is 388 g/mol. The minimum Gasteiger partial charge on any atom is -0.459 e. The van der Waals surface area contributed by atoms with Crippen molar-refractivity contribution in [1.82, 2.24) is 4.90 Å². The third-order valence-corrected chi connectivity index (χ3v) is 6.28. The Morgan fingerprint density at radius 1 is 1.27 bits per heavy atom. The van der Waals surface area contributed by atoms with Gasteiger partial charge in [-0.05, 0) is 36.6 Å². The van der Waals surface area contributed by atoms with Crippen molar-refractivity contribution in [3.8, 4) is 0 Å². The van der Waals surface area contributed by atoms with Gasteiger partial charge in [0.05, 0.1) is 25.5 Å². The largest absolute Gasteiger partial charge is 0.459 e. The molecule has 136 valence electrons. The number of amides is 1. The van der Waals surface area contributed by atoms with Crippen LogP contribution in [0.1, 0.15) is 31.9 Å². The lowest BCUT2D eigenvalue weighted by molar-refractivity contribution is 0.0247. The summed E-state index contributed by atoms with van der Waals surface area (Å²) in [6.07, 6.45) is 1.51. The summed E-state index contributed by atoms with van der Waals surface area (Å²) in [7, 11) is 0. The fourth-order valence-corrected chi connectivity index (χ4v) is 5.04. The van der Waals surface area contributed by atoms with Crippen molar-refractivity contribution in [1.29, 1.82) is 0 Å². The van der Waals surface area contributed by atoms with Crippen LogP contribution in [0.25, 0.3) is 0 Å². The van der Waals surface area contributed by atoms with Crippen molar-refractivity contribution in [3.05, 3.63) is 63.1 Å². The lowest BCUT2D eigenvalue weighted by Gasteiger charge is -2.34. The van der Waals surface area contributed by atoms with Gasteiger partial charge in [-0.2, -0.15) is 0 Å². The number of nitrogens with one attached hydrogen (secondary N) is 1. The van der Waals surface area contributed by atoms with Gasteiger partial charge in [-0.25, -0.2) is 0 Å². The first kappa shape index (κ1) is 17.5. The number of ether oxygens (including phenoxy) is 1. The summed E-state index contributed by atoms with van der Waals surface area (Å²) in [5, 5.41) is 6.03. The van der Waals surface area contributed by atoms with E-state index in [2.05, 4.69) is 40.7 Å². The van der Waals surface area contributed by atoms with E-state index in [-0.39, 0.29) is 11.9 Å². The van der Waals surface area contributed by atoms with E-state index in [4.69, 9.17) is 9.15 Å². The van der Waals surface area contributed by atoms with Gasteiger partial charge in [0.15, 0.2) is 5.76 Å². The number of carbonyl (C=O) groups is 1. The highest BCUT2D eigenvalue weighted by Crippen LogP contribution is 2.40. The third-order valence-electron chi connectivity index (χ3n) is 4.37. The Kier molecular flexibility index (Phi) is 5.21. The van der Waals surface area contributed by atoms with Gasteiger partial charge in [0, 0.05) is 28.4 Å². The number of hydrogen-bond acceptors (Lipinski definition) is 6. The Balaban J connectivity index is 1.68. The SMILES string of the molecule is Cc1cc([C@H](c2cccs2)N2CCOCC2)c(NC(=O)c2ccco2)s1. The summed E-state index contributed by atoms with van der Waals surface area (Å²) in [5.41, 5.74) is 1.14. The zero-order valence-electron chi connectivity index (χ0n) is 14.4. The van der Waals surface area contributed by atoms with Crippen molar-refractivity contribution in [3.63, 3.8) is 0 Å². The average molecular weight is 389 g/mol. The number of nitrogens with zero attached hydrogens (tertiary/aromatic N) is 1. The summed E-state index contributed by atoms with van der Waals surface area (Å²) in [6.45, 7) is 5.30. The number of carbonyl (C=O) groups excluding carboxylic acids is 1. The first-order valence-corrected chi connectivity index (χ1v) is 10.2. The summed E-state index contributed by atoms with van der Waals surface area (Å²) in [6, 6.07) is 9.94. The minimum atomic E-state index is -0.218. The van der Waals surface area contributed by atoms with Crippen molar-refractivity contribution in [2.24, 2.45) is 0 Å². The maximum Gasteiger partial charge on any atom is 0.291 e. The molecule has 0 unspecified atom stereocenters. The molecule has 0 aliphatic carbocycles. The van der Waals surface area contributed by atoms with Crippen LogP contribution < -0.4 is 5.32 Å². The molecule has 5 nitrogen and oxygen atoms in total. The van der Waals surface area contributed by atoms with Crippen molar-refractivity contribution in [2.45, 2.75) is 13.0 Å². The molecule has 1 amide bonds. The lowest BCUT2D eigenvalue weighted by atomic mass is 10.0. The Bertz CT molecular complexity index is 850. The quantitative estimate of drug-likeness (QED) is 0.704. The lowest BCUT2D eigenvalue weighted by Crippen LogP contribution is -2.39. The first-order valence-electron chi connectivity index (χ1n) is 8.53. The Morgan fingerprint density at radius 2 is 2.12 bits per heavy atom. The van der Waals surface area contributed by atoms with E-state index in [9.17, 15) is 4.79 Å². The van der Waals surface area contributed by atoms with E-state index >= 15 is 0 Å². The van der Waals surface area contributed by atoms with E-state index in [1.807, 2.05) is 0 Å². The topological polar surface area (TPSA) is 54.7 Å². The molecule has 4 rings (SSSR count). The van der Waals surface area contributed by atoms with E-state index in [1.165, 1.54) is 16.0 Å². The van der Waals surface area contributed by atoms with E-state index in [0.29, 0.717) is 5.76 Å². The number of thiophene rings is 2. The second-order valence-electron chi connectivity index (χ2n) is 6.14. The van der Waals surface area contributed by atoms with Gasteiger partial charge in [0.25, 0.3) is 5.91 Å². The van der Waals surface area contributed by atoms with Crippen LogP contribution >= 0.6 is 22.7 Å². The van der Waals surface area contributed by atoms with Crippen LogP contribution in [0.4, 0.5) is 5.00 Å². The zero-order chi connectivity index (χ0) is 17.9. The molecule has 0 aromatic carbocycles. The highest BCUT2D eigenvalue weighted by Gasteiger charge is 2.29. The van der Waals surface area contributed by atoms with Crippen molar-refractivity contribution >= 4 is 33.6 Å². The number of rotatable bonds is 5. The van der Waals surface area contributed by atoms with Crippen LogP contribution in [0.15, 0.2) is 46.4 Å². The molecular formula is C19H20N2O3S2. The second-order valence-corrected chi connectivity index (χ2v) is 8.37. The van der Waals surface area contributed by atoms with Crippen LogP contribution in [-0.4, -0.2) is 37.1 Å². The molecule has 4 heterocycles. The smallest absolute Gasteiger partial charge is 0.291 e. The molecule has 1 atom stereocenters. The van der Waals surface area contributed by atoms with Gasteiger partial charge in [0.1, 0.15) is 5.00 Å². The molecular weight excluding hydrogens is 368 g/mol. The summed E-state index contributed by atoms with van der Waals surface area (Å²) < 4.78 is 10.8. The molecule has 1 N–H and O–H groups in total. The molecule has 26 heavy (non-hydrogen) atoms. The van der Waals surface area contributed by atoms with E-state index < -0.39 is 0 Å². The van der Waals surface area contributed by atoms with E-state index in [0.717, 1.165) is 36.9 Å². The van der Waals surface area contributed by atoms with Crippen LogP contribution in [0, 0.1) is 6.92 Å². The maximum atomic E-state index is 12.5. The molecule has 1 saturated heterocycles. The number of aryl methyl sites for hydroxylation is 1. The molecule has 0 spiro atoms. The summed E-state index contributed by atoms with van der Waals surface area (Å²) in [4.78, 5) is 17.4. The normalized spacial score (nSPS) is 16.5. The molecule has 3 aromatic rings. The highest BCUT2D eigenvalue weighted by molar-refractivity contribution is 7.16. The van der Waals surface area contributed by atoms with Crippen molar-refractivity contribution < 1.29 is 13.9 Å². The maximum absolute atomic E-state index is 12.5. The Labute approximate surface area is 160 Å². The first-order chi connectivity index (χ1) is 12.7. The van der Waals surface area contributed by atoms with Gasteiger partial charge in [-0.3, -0.25) is 9.69 Å². The van der Waals surface area contributed by atoms with Gasteiger partial charge < -0.3 is 14.5 Å². The molecule has 3 aromatic heterocycles. The third kappa shape index (κ3) is 3.61. The highest BCUT2D eigenvalue weighted by atomic mass is 32.1. The second kappa shape index (κ2) is 7.75. The number of hydrogen-bond donors (Lipinski definition) is 1. The molecule has 0 bridgehead atoms. The molecule has 0 saturated carbocycles. The molecule has 1 fully saturated rings. The number of morpholine rings is 1. The minimum absolute atomic E-state index is 0.121. The number of anilines is 1. The molecule has 1 aliphatic rings. The van der Waals surface area contributed by atoms with Gasteiger partial charge >= 0.3 is 0 Å². The Morgan fingerprint density at radius 3 is 2.81 bits per heavy atom. The van der Waals surface area contributed by atoms with Gasteiger partial charge in [-0.15, -0.1) is 22.7 Å². The van der Waals surface area contributed by atoms with Crippen LogP contribution in [0.5, 0.6) is 0 Å². The van der Waals surface area contributed by atoms with Gasteiger partial charge in [0.2, 0.25) is 0 Å². The predicted molar refractivity (Wildman–Crippen MR) is 104 cm³/mol. The fraction of sp³-hybridized carbons (Fsp3) is 0.316.